The third kappa shape index (κ3) is 3.07. The standard InChI is InChI=1S/C16H23ClN4/c1-20-13-4-5-14(20)10-21(7-6-13)9-12-3-2-11(16(18)19)8-15(12)17/h2-3,8,13-14H,4-7,9-10H2,1H3,(H3,18,19). The molecule has 0 aliphatic carbocycles. The molecule has 4 nitrogen and oxygen atoms in total. The highest BCUT2D eigenvalue weighted by atomic mass is 35.5. The van der Waals surface area contributed by atoms with Crippen molar-refractivity contribution in [1.29, 1.82) is 5.41 Å². The van der Waals surface area contributed by atoms with Crippen molar-refractivity contribution in [2.24, 2.45) is 5.73 Å². The molecule has 0 radical (unpaired) electrons. The number of fused-ring (bicyclic) bond motifs is 2. The Morgan fingerprint density at radius 3 is 2.81 bits per heavy atom. The van der Waals surface area contributed by atoms with E-state index in [4.69, 9.17) is 22.7 Å². The van der Waals surface area contributed by atoms with Crippen LogP contribution >= 0.6 is 11.6 Å². The fourth-order valence-corrected chi connectivity index (χ4v) is 3.85. The van der Waals surface area contributed by atoms with Crippen molar-refractivity contribution in [3.05, 3.63) is 34.3 Å². The zero-order valence-corrected chi connectivity index (χ0v) is 13.2. The molecule has 2 bridgehead atoms. The normalized spacial score (nSPS) is 26.8. The first-order valence-electron chi connectivity index (χ1n) is 7.61. The predicted molar refractivity (Wildman–Crippen MR) is 86.9 cm³/mol. The van der Waals surface area contributed by atoms with Gasteiger partial charge in [-0.15, -0.1) is 0 Å². The number of hydrogen-bond acceptors (Lipinski definition) is 3. The minimum atomic E-state index is 0.0668. The molecule has 0 spiro atoms. The highest BCUT2D eigenvalue weighted by molar-refractivity contribution is 6.31. The Balaban J connectivity index is 1.70. The molecule has 1 aromatic rings. The number of rotatable bonds is 3. The van der Waals surface area contributed by atoms with Gasteiger partial charge < -0.3 is 5.73 Å². The lowest BCUT2D eigenvalue weighted by Gasteiger charge is -2.26. The first-order chi connectivity index (χ1) is 10.0. The number of likely N-dealkylation sites (tertiary alicyclic amines) is 1. The quantitative estimate of drug-likeness (QED) is 0.665. The third-order valence-electron chi connectivity index (χ3n) is 4.99. The van der Waals surface area contributed by atoms with E-state index in [0.717, 1.165) is 31.2 Å². The predicted octanol–water partition coefficient (Wildman–Crippen LogP) is 2.29. The smallest absolute Gasteiger partial charge is 0.122 e. The van der Waals surface area contributed by atoms with Gasteiger partial charge in [-0.1, -0.05) is 23.7 Å². The van der Waals surface area contributed by atoms with Crippen LogP contribution in [0.15, 0.2) is 18.2 Å². The van der Waals surface area contributed by atoms with Crippen molar-refractivity contribution < 1.29 is 0 Å². The van der Waals surface area contributed by atoms with Crippen LogP contribution in [0.25, 0.3) is 0 Å². The van der Waals surface area contributed by atoms with Gasteiger partial charge in [0.05, 0.1) is 0 Å². The van der Waals surface area contributed by atoms with E-state index < -0.39 is 0 Å². The number of halogens is 1. The molecular formula is C16H23ClN4. The Morgan fingerprint density at radius 2 is 2.10 bits per heavy atom. The molecule has 3 N–H and O–H groups in total. The largest absolute Gasteiger partial charge is 0.384 e. The Hall–Kier alpha value is -1.10. The van der Waals surface area contributed by atoms with Crippen LogP contribution in [0.5, 0.6) is 0 Å². The molecule has 2 aliphatic rings. The van der Waals surface area contributed by atoms with Crippen molar-refractivity contribution in [2.75, 3.05) is 20.1 Å². The average Bonchev–Trinajstić information content (AvgIpc) is 2.68. The summed E-state index contributed by atoms with van der Waals surface area (Å²) in [7, 11) is 2.26. The van der Waals surface area contributed by atoms with Gasteiger partial charge in [0, 0.05) is 42.3 Å². The van der Waals surface area contributed by atoms with Crippen LogP contribution in [0, 0.1) is 5.41 Å². The molecule has 2 unspecified atom stereocenters. The molecule has 0 saturated carbocycles. The lowest BCUT2D eigenvalue weighted by atomic mass is 10.1. The minimum absolute atomic E-state index is 0.0668. The fourth-order valence-electron chi connectivity index (χ4n) is 3.61. The van der Waals surface area contributed by atoms with Crippen molar-refractivity contribution in [3.8, 4) is 0 Å². The second-order valence-electron chi connectivity index (χ2n) is 6.29. The van der Waals surface area contributed by atoms with Gasteiger partial charge in [0.25, 0.3) is 0 Å². The number of hydrogen-bond donors (Lipinski definition) is 2. The Morgan fingerprint density at radius 1 is 1.33 bits per heavy atom. The minimum Gasteiger partial charge on any atom is -0.384 e. The van der Waals surface area contributed by atoms with E-state index in [1.54, 1.807) is 6.07 Å². The van der Waals surface area contributed by atoms with Gasteiger partial charge >= 0.3 is 0 Å². The average molecular weight is 307 g/mol. The SMILES string of the molecule is CN1C2CCC1CN(Cc1ccc(C(=N)N)cc1Cl)CC2. The number of likely N-dealkylation sites (N-methyl/N-ethyl adjacent to an activating group) is 1. The lowest BCUT2D eigenvalue weighted by Crippen LogP contribution is -2.36. The summed E-state index contributed by atoms with van der Waals surface area (Å²) in [5.74, 6) is 0.0668. The van der Waals surface area contributed by atoms with Crippen molar-refractivity contribution in [2.45, 2.75) is 37.9 Å². The highest BCUT2D eigenvalue weighted by Gasteiger charge is 2.34. The summed E-state index contributed by atoms with van der Waals surface area (Å²) in [6.45, 7) is 3.14. The van der Waals surface area contributed by atoms with Crippen LogP contribution in [0.3, 0.4) is 0 Å². The summed E-state index contributed by atoms with van der Waals surface area (Å²) in [6, 6.07) is 7.14. The van der Waals surface area contributed by atoms with Gasteiger partial charge in [0.15, 0.2) is 0 Å². The number of amidine groups is 1. The van der Waals surface area contributed by atoms with E-state index in [1.807, 2.05) is 12.1 Å². The molecule has 3 rings (SSSR count). The Kier molecular flexibility index (Phi) is 4.20. The van der Waals surface area contributed by atoms with Gasteiger partial charge in [-0.2, -0.15) is 0 Å². The third-order valence-corrected chi connectivity index (χ3v) is 5.34. The van der Waals surface area contributed by atoms with Gasteiger partial charge in [-0.25, -0.2) is 0 Å². The van der Waals surface area contributed by atoms with Gasteiger partial charge in [0.1, 0.15) is 5.84 Å². The number of nitrogens with two attached hydrogens (primary N) is 1. The molecule has 114 valence electrons. The molecule has 2 atom stereocenters. The molecule has 1 aromatic carbocycles. The van der Waals surface area contributed by atoms with E-state index in [1.165, 1.54) is 19.3 Å². The van der Waals surface area contributed by atoms with Crippen LogP contribution in [-0.2, 0) is 6.54 Å². The lowest BCUT2D eigenvalue weighted by molar-refractivity contribution is 0.214. The molecule has 0 amide bonds. The van der Waals surface area contributed by atoms with Crippen LogP contribution < -0.4 is 5.73 Å². The molecule has 2 saturated heterocycles. The zero-order valence-electron chi connectivity index (χ0n) is 12.5. The summed E-state index contributed by atoms with van der Waals surface area (Å²) < 4.78 is 0. The first-order valence-corrected chi connectivity index (χ1v) is 7.99. The summed E-state index contributed by atoms with van der Waals surface area (Å²) in [6.07, 6.45) is 3.91. The molecule has 2 aliphatic heterocycles. The molecule has 21 heavy (non-hydrogen) atoms. The topological polar surface area (TPSA) is 56.4 Å². The van der Waals surface area contributed by atoms with Crippen molar-refractivity contribution >= 4 is 17.4 Å². The van der Waals surface area contributed by atoms with Crippen molar-refractivity contribution in [1.82, 2.24) is 9.80 Å². The van der Waals surface area contributed by atoms with Gasteiger partial charge in [0.2, 0.25) is 0 Å². The monoisotopic (exact) mass is 306 g/mol. The van der Waals surface area contributed by atoms with E-state index in [-0.39, 0.29) is 5.84 Å². The number of benzene rings is 1. The second kappa shape index (κ2) is 5.95. The second-order valence-corrected chi connectivity index (χ2v) is 6.70. The maximum atomic E-state index is 7.47. The van der Waals surface area contributed by atoms with Crippen LogP contribution in [0.4, 0.5) is 0 Å². The summed E-state index contributed by atoms with van der Waals surface area (Å²) in [5.41, 5.74) is 7.32. The summed E-state index contributed by atoms with van der Waals surface area (Å²) in [4.78, 5) is 5.06. The number of nitrogens with one attached hydrogen (secondary N) is 1. The summed E-state index contributed by atoms with van der Waals surface area (Å²) >= 11 is 6.35. The van der Waals surface area contributed by atoms with Gasteiger partial charge in [-0.05, 0) is 37.9 Å². The molecule has 2 fully saturated rings. The van der Waals surface area contributed by atoms with Crippen LogP contribution in [0.2, 0.25) is 5.02 Å². The molecular weight excluding hydrogens is 284 g/mol. The van der Waals surface area contributed by atoms with E-state index in [2.05, 4.69) is 16.8 Å². The molecule has 5 heteroatoms. The maximum Gasteiger partial charge on any atom is 0.122 e. The van der Waals surface area contributed by atoms with Crippen LogP contribution in [0.1, 0.15) is 30.4 Å². The Bertz CT molecular complexity index is 545. The summed E-state index contributed by atoms with van der Waals surface area (Å²) in [5, 5.41) is 8.18. The highest BCUT2D eigenvalue weighted by Crippen LogP contribution is 2.29. The van der Waals surface area contributed by atoms with E-state index >= 15 is 0 Å². The van der Waals surface area contributed by atoms with E-state index in [9.17, 15) is 0 Å². The number of nitrogens with zero attached hydrogens (tertiary/aromatic N) is 2. The maximum absolute atomic E-state index is 7.47. The van der Waals surface area contributed by atoms with Crippen molar-refractivity contribution in [3.63, 3.8) is 0 Å². The molecule has 2 heterocycles. The van der Waals surface area contributed by atoms with Crippen LogP contribution in [-0.4, -0.2) is 47.9 Å². The zero-order chi connectivity index (χ0) is 15.0. The first kappa shape index (κ1) is 14.8. The fraction of sp³-hybridized carbons (Fsp3) is 0.562. The molecule has 0 aromatic heterocycles. The van der Waals surface area contributed by atoms with Gasteiger partial charge in [-0.3, -0.25) is 15.2 Å². The number of nitrogen functional groups attached to an aromatic ring is 1. The Labute approximate surface area is 131 Å². The van der Waals surface area contributed by atoms with E-state index in [0.29, 0.717) is 16.6 Å².